The van der Waals surface area contributed by atoms with Gasteiger partial charge in [0, 0.05) is 11.4 Å². The van der Waals surface area contributed by atoms with Gasteiger partial charge in [-0.3, -0.25) is 4.79 Å². The third kappa shape index (κ3) is 4.59. The summed E-state index contributed by atoms with van der Waals surface area (Å²) in [5.74, 6) is -0.0772. The summed E-state index contributed by atoms with van der Waals surface area (Å²) < 4.78 is 0. The molecule has 1 atom stereocenters. The van der Waals surface area contributed by atoms with E-state index in [1.165, 1.54) is 0 Å². The number of nitrogens with one attached hydrogen (secondary N) is 1. The molecule has 0 saturated heterocycles. The van der Waals surface area contributed by atoms with Crippen LogP contribution in [0.5, 0.6) is 0 Å². The maximum Gasteiger partial charge on any atom is 0.243 e. The molecule has 0 aliphatic rings. The van der Waals surface area contributed by atoms with Crippen molar-refractivity contribution in [3.05, 3.63) is 60.2 Å². The lowest BCUT2D eigenvalue weighted by molar-refractivity contribution is -0.115. The summed E-state index contributed by atoms with van der Waals surface area (Å²) in [4.78, 5) is 14.5. The Morgan fingerprint density at radius 3 is 2.38 bits per heavy atom. The zero-order valence-electron chi connectivity index (χ0n) is 14.4. The van der Waals surface area contributed by atoms with Gasteiger partial charge in [0.05, 0.1) is 19.2 Å². The summed E-state index contributed by atoms with van der Waals surface area (Å²) in [7, 11) is 0. The largest absolute Gasteiger partial charge is 0.394 e. The first-order chi connectivity index (χ1) is 11.7. The number of hydrogen-bond donors (Lipinski definition) is 2. The number of anilines is 2. The molecule has 0 radical (unpaired) electrons. The van der Waals surface area contributed by atoms with E-state index in [0.717, 1.165) is 29.8 Å². The molecule has 2 N–H and O–H groups in total. The van der Waals surface area contributed by atoms with E-state index in [1.807, 2.05) is 66.4 Å². The lowest BCUT2D eigenvalue weighted by atomic mass is 10.1. The molecule has 0 spiro atoms. The molecule has 2 rings (SSSR count). The zero-order chi connectivity index (χ0) is 17.4. The van der Waals surface area contributed by atoms with Gasteiger partial charge in [-0.15, -0.1) is 0 Å². The Balaban J connectivity index is 2.15. The Kier molecular flexibility index (Phi) is 6.82. The fourth-order valence-corrected chi connectivity index (χ4v) is 2.79. The summed E-state index contributed by atoms with van der Waals surface area (Å²) in [6.07, 6.45) is 1.64. The predicted octanol–water partition coefficient (Wildman–Crippen LogP) is 3.47. The van der Waals surface area contributed by atoms with Gasteiger partial charge < -0.3 is 15.3 Å². The Hall–Kier alpha value is -2.33. The molecular weight excluding hydrogens is 300 g/mol. The second-order valence-electron chi connectivity index (χ2n) is 5.77. The predicted molar refractivity (Wildman–Crippen MR) is 99.4 cm³/mol. The molecule has 1 unspecified atom stereocenters. The number of carbonyl (C=O) groups excluding carboxylic acids is 1. The first-order valence-corrected chi connectivity index (χ1v) is 8.49. The van der Waals surface area contributed by atoms with Crippen molar-refractivity contribution in [2.75, 3.05) is 23.4 Å². The van der Waals surface area contributed by atoms with Gasteiger partial charge in [0.25, 0.3) is 0 Å². The third-order valence-electron chi connectivity index (χ3n) is 4.20. The first-order valence-electron chi connectivity index (χ1n) is 8.49. The lowest BCUT2D eigenvalue weighted by Crippen LogP contribution is -2.42. The van der Waals surface area contributed by atoms with Gasteiger partial charge in [-0.25, -0.2) is 0 Å². The fourth-order valence-electron chi connectivity index (χ4n) is 2.79. The van der Waals surface area contributed by atoms with Crippen molar-refractivity contribution in [3.8, 4) is 0 Å². The number of aliphatic hydroxyl groups is 1. The average molecular weight is 326 g/mol. The van der Waals surface area contributed by atoms with Crippen molar-refractivity contribution < 1.29 is 9.90 Å². The molecule has 4 heteroatoms. The summed E-state index contributed by atoms with van der Waals surface area (Å²) >= 11 is 0. The van der Waals surface area contributed by atoms with Crippen molar-refractivity contribution in [3.63, 3.8) is 0 Å². The smallest absolute Gasteiger partial charge is 0.243 e. The number of benzene rings is 2. The number of aryl methyl sites for hydroxylation is 1. The highest BCUT2D eigenvalue weighted by molar-refractivity contribution is 5.94. The zero-order valence-corrected chi connectivity index (χ0v) is 14.4. The van der Waals surface area contributed by atoms with E-state index in [-0.39, 0.29) is 25.1 Å². The molecule has 2 aromatic carbocycles. The second-order valence-corrected chi connectivity index (χ2v) is 5.77. The number of para-hydroxylation sites is 2. The molecule has 2 aromatic rings. The minimum atomic E-state index is -0.0837. The van der Waals surface area contributed by atoms with Crippen molar-refractivity contribution in [1.29, 1.82) is 0 Å². The van der Waals surface area contributed by atoms with Gasteiger partial charge >= 0.3 is 0 Å². The standard InChI is InChI=1S/C20H26N2O2/c1-3-16-10-8-9-13-19(16)21-20(24)14-22(17(4-2)15-23)18-11-6-5-7-12-18/h5-13,17,23H,3-4,14-15H2,1-2H3,(H,21,24). The summed E-state index contributed by atoms with van der Waals surface area (Å²) in [5.41, 5.74) is 2.92. The average Bonchev–Trinajstić information content (AvgIpc) is 2.63. The molecule has 0 aliphatic heterocycles. The molecule has 0 saturated carbocycles. The van der Waals surface area contributed by atoms with E-state index in [4.69, 9.17) is 0 Å². The van der Waals surface area contributed by atoms with Crippen LogP contribution in [-0.2, 0) is 11.2 Å². The molecule has 24 heavy (non-hydrogen) atoms. The monoisotopic (exact) mass is 326 g/mol. The summed E-state index contributed by atoms with van der Waals surface area (Å²) in [5, 5.41) is 12.7. The molecule has 1 amide bonds. The highest BCUT2D eigenvalue weighted by Gasteiger charge is 2.20. The number of nitrogens with zero attached hydrogens (tertiary/aromatic N) is 1. The van der Waals surface area contributed by atoms with Crippen LogP contribution < -0.4 is 10.2 Å². The molecule has 0 fully saturated rings. The number of aliphatic hydroxyl groups excluding tert-OH is 1. The van der Waals surface area contributed by atoms with Gasteiger partial charge in [-0.1, -0.05) is 50.2 Å². The quantitative estimate of drug-likeness (QED) is 0.781. The van der Waals surface area contributed by atoms with Crippen molar-refractivity contribution in [2.24, 2.45) is 0 Å². The van der Waals surface area contributed by atoms with Crippen LogP contribution in [0, 0.1) is 0 Å². The molecule has 4 nitrogen and oxygen atoms in total. The maximum absolute atomic E-state index is 12.6. The van der Waals surface area contributed by atoms with Crippen molar-refractivity contribution in [1.82, 2.24) is 0 Å². The van der Waals surface area contributed by atoms with E-state index in [2.05, 4.69) is 12.2 Å². The molecule has 128 valence electrons. The Labute approximate surface area is 144 Å². The van der Waals surface area contributed by atoms with E-state index >= 15 is 0 Å². The third-order valence-corrected chi connectivity index (χ3v) is 4.20. The minimum Gasteiger partial charge on any atom is -0.394 e. The summed E-state index contributed by atoms with van der Waals surface area (Å²) in [6, 6.07) is 17.5. The van der Waals surface area contributed by atoms with Gasteiger partial charge in [0.15, 0.2) is 0 Å². The SMILES string of the molecule is CCc1ccccc1NC(=O)CN(c1ccccc1)C(CC)CO. The summed E-state index contributed by atoms with van der Waals surface area (Å²) in [6.45, 7) is 4.31. The molecular formula is C20H26N2O2. The lowest BCUT2D eigenvalue weighted by Gasteiger charge is -2.31. The van der Waals surface area contributed by atoms with Crippen molar-refractivity contribution >= 4 is 17.3 Å². The van der Waals surface area contributed by atoms with E-state index in [9.17, 15) is 9.90 Å². The highest BCUT2D eigenvalue weighted by atomic mass is 16.3. The van der Waals surface area contributed by atoms with Crippen LogP contribution in [0.25, 0.3) is 0 Å². The topological polar surface area (TPSA) is 52.6 Å². The van der Waals surface area contributed by atoms with Crippen LogP contribution in [0.2, 0.25) is 0 Å². The van der Waals surface area contributed by atoms with Gasteiger partial charge in [0.1, 0.15) is 0 Å². The Morgan fingerprint density at radius 2 is 1.75 bits per heavy atom. The first kappa shape index (κ1) is 18.0. The van der Waals surface area contributed by atoms with Gasteiger partial charge in [-0.05, 0) is 36.6 Å². The van der Waals surface area contributed by atoms with Crippen LogP contribution >= 0.6 is 0 Å². The molecule has 0 aliphatic carbocycles. The minimum absolute atomic E-state index is 0.0181. The van der Waals surface area contributed by atoms with Gasteiger partial charge in [-0.2, -0.15) is 0 Å². The van der Waals surface area contributed by atoms with Crippen LogP contribution in [0.1, 0.15) is 25.8 Å². The van der Waals surface area contributed by atoms with Crippen LogP contribution in [-0.4, -0.2) is 30.2 Å². The van der Waals surface area contributed by atoms with Crippen LogP contribution in [0.4, 0.5) is 11.4 Å². The molecule has 0 bridgehead atoms. The number of amides is 1. The highest BCUT2D eigenvalue weighted by Crippen LogP contribution is 2.19. The molecule has 0 heterocycles. The van der Waals surface area contributed by atoms with Gasteiger partial charge in [0.2, 0.25) is 5.91 Å². The Bertz CT molecular complexity index is 639. The van der Waals surface area contributed by atoms with E-state index in [0.29, 0.717) is 0 Å². The maximum atomic E-state index is 12.6. The van der Waals surface area contributed by atoms with E-state index in [1.54, 1.807) is 0 Å². The fraction of sp³-hybridized carbons (Fsp3) is 0.350. The van der Waals surface area contributed by atoms with Crippen LogP contribution in [0.3, 0.4) is 0 Å². The van der Waals surface area contributed by atoms with E-state index < -0.39 is 0 Å². The number of rotatable bonds is 8. The number of hydrogen-bond acceptors (Lipinski definition) is 3. The molecule has 0 aromatic heterocycles. The van der Waals surface area contributed by atoms with Crippen LogP contribution in [0.15, 0.2) is 54.6 Å². The number of carbonyl (C=O) groups is 1. The second kappa shape index (κ2) is 9.08. The Morgan fingerprint density at radius 1 is 1.08 bits per heavy atom. The van der Waals surface area contributed by atoms with Crippen molar-refractivity contribution in [2.45, 2.75) is 32.7 Å². The normalized spacial score (nSPS) is 11.8.